The van der Waals surface area contributed by atoms with Crippen LogP contribution in [0.5, 0.6) is 0 Å². The summed E-state index contributed by atoms with van der Waals surface area (Å²) in [5.41, 5.74) is 1.72. The van der Waals surface area contributed by atoms with E-state index in [-0.39, 0.29) is 17.9 Å². The van der Waals surface area contributed by atoms with Crippen molar-refractivity contribution < 1.29 is 9.90 Å². The molecule has 1 amide bonds. The lowest BCUT2D eigenvalue weighted by molar-refractivity contribution is -0.116. The van der Waals surface area contributed by atoms with E-state index < -0.39 is 0 Å². The van der Waals surface area contributed by atoms with E-state index in [0.717, 1.165) is 43.0 Å². The maximum atomic E-state index is 12.3. The first-order valence-electron chi connectivity index (χ1n) is 10.7. The molecule has 29 heavy (non-hydrogen) atoms. The van der Waals surface area contributed by atoms with Gasteiger partial charge in [0.2, 0.25) is 5.91 Å². The van der Waals surface area contributed by atoms with E-state index in [1.807, 2.05) is 32.0 Å². The first-order valence-corrected chi connectivity index (χ1v) is 11.1. The predicted molar refractivity (Wildman–Crippen MR) is 121 cm³/mol. The van der Waals surface area contributed by atoms with E-state index in [1.165, 1.54) is 19.3 Å². The third-order valence-electron chi connectivity index (χ3n) is 5.66. The standard InChI is InChI=1S/C22H35ClN4O2/c1-3-24-21(26-16-22(13-15-28)11-5-4-6-12-22)25-14-10-20(29)27-19-9-7-8-18(23)17(19)2/h7-9,28H,3-6,10-16H2,1-2H3,(H,27,29)(H2,24,25,26). The molecular formula is C22H35ClN4O2. The molecule has 162 valence electrons. The Labute approximate surface area is 179 Å². The fraction of sp³-hybridized carbons (Fsp3) is 0.636. The highest BCUT2D eigenvalue weighted by molar-refractivity contribution is 6.31. The normalized spacial score (nSPS) is 16.3. The van der Waals surface area contributed by atoms with Crippen molar-refractivity contribution in [3.63, 3.8) is 0 Å². The van der Waals surface area contributed by atoms with Crippen LogP contribution >= 0.6 is 11.6 Å². The number of anilines is 1. The van der Waals surface area contributed by atoms with Crippen LogP contribution in [0.1, 0.15) is 57.4 Å². The summed E-state index contributed by atoms with van der Waals surface area (Å²) in [6.45, 7) is 6.08. The van der Waals surface area contributed by atoms with Crippen molar-refractivity contribution in [1.29, 1.82) is 0 Å². The Hall–Kier alpha value is -1.79. The molecule has 2 rings (SSSR count). The number of halogens is 1. The molecule has 1 saturated carbocycles. The zero-order valence-electron chi connectivity index (χ0n) is 17.7. The SMILES string of the molecule is CCNC(=NCC1(CCO)CCCCC1)NCCC(=O)Nc1cccc(Cl)c1C. The van der Waals surface area contributed by atoms with E-state index in [0.29, 0.717) is 24.5 Å². The van der Waals surface area contributed by atoms with E-state index in [4.69, 9.17) is 16.6 Å². The molecule has 1 fully saturated rings. The summed E-state index contributed by atoms with van der Waals surface area (Å²) in [5.74, 6) is 0.657. The molecule has 0 bridgehead atoms. The van der Waals surface area contributed by atoms with Crippen molar-refractivity contribution in [3.05, 3.63) is 28.8 Å². The van der Waals surface area contributed by atoms with Crippen molar-refractivity contribution in [1.82, 2.24) is 10.6 Å². The molecule has 0 radical (unpaired) electrons. The Bertz CT molecular complexity index is 682. The number of guanidine groups is 1. The summed E-state index contributed by atoms with van der Waals surface area (Å²) in [6.07, 6.45) is 7.08. The van der Waals surface area contributed by atoms with Crippen LogP contribution in [0.3, 0.4) is 0 Å². The highest BCUT2D eigenvalue weighted by Crippen LogP contribution is 2.39. The van der Waals surface area contributed by atoms with Crippen molar-refractivity contribution in [3.8, 4) is 0 Å². The zero-order valence-corrected chi connectivity index (χ0v) is 18.4. The number of benzene rings is 1. The molecule has 7 heteroatoms. The maximum absolute atomic E-state index is 12.3. The smallest absolute Gasteiger partial charge is 0.226 e. The average Bonchev–Trinajstić information content (AvgIpc) is 2.71. The lowest BCUT2D eigenvalue weighted by atomic mass is 9.72. The van der Waals surface area contributed by atoms with Gasteiger partial charge in [0.05, 0.1) is 0 Å². The van der Waals surface area contributed by atoms with Gasteiger partial charge < -0.3 is 21.1 Å². The van der Waals surface area contributed by atoms with Crippen LogP contribution < -0.4 is 16.0 Å². The van der Waals surface area contributed by atoms with E-state index in [2.05, 4.69) is 16.0 Å². The highest BCUT2D eigenvalue weighted by atomic mass is 35.5. The number of hydrogen-bond donors (Lipinski definition) is 4. The largest absolute Gasteiger partial charge is 0.396 e. The second kappa shape index (κ2) is 12.0. The van der Waals surface area contributed by atoms with Gasteiger partial charge in [0, 0.05) is 43.4 Å². The number of amides is 1. The summed E-state index contributed by atoms with van der Waals surface area (Å²) in [7, 11) is 0. The van der Waals surface area contributed by atoms with Gasteiger partial charge in [0.1, 0.15) is 0 Å². The molecular weight excluding hydrogens is 388 g/mol. The number of nitrogens with one attached hydrogen (secondary N) is 3. The summed E-state index contributed by atoms with van der Waals surface area (Å²) in [6, 6.07) is 5.48. The fourth-order valence-corrected chi connectivity index (χ4v) is 4.04. The molecule has 1 aromatic rings. The molecule has 0 aliphatic heterocycles. The summed E-state index contributed by atoms with van der Waals surface area (Å²) in [5, 5.41) is 19.5. The van der Waals surface area contributed by atoms with Crippen LogP contribution in [0, 0.1) is 12.3 Å². The Kier molecular flexibility index (Phi) is 9.74. The number of nitrogens with zero attached hydrogens (tertiary/aromatic N) is 1. The molecule has 0 spiro atoms. The van der Waals surface area contributed by atoms with Crippen LogP contribution in [0.2, 0.25) is 5.02 Å². The number of aliphatic imine (C=N–C) groups is 1. The van der Waals surface area contributed by atoms with Crippen LogP contribution in [-0.4, -0.2) is 43.2 Å². The average molecular weight is 423 g/mol. The first-order chi connectivity index (χ1) is 14.0. The Morgan fingerprint density at radius 1 is 1.24 bits per heavy atom. The van der Waals surface area contributed by atoms with Crippen molar-refractivity contribution in [2.45, 2.75) is 58.8 Å². The van der Waals surface area contributed by atoms with Crippen molar-refractivity contribution >= 4 is 29.2 Å². The van der Waals surface area contributed by atoms with Gasteiger partial charge in [0.15, 0.2) is 5.96 Å². The molecule has 1 aliphatic rings. The zero-order chi connectivity index (χ0) is 21.1. The first kappa shape index (κ1) is 23.5. The topological polar surface area (TPSA) is 85.8 Å². The molecule has 0 unspecified atom stereocenters. The third-order valence-corrected chi connectivity index (χ3v) is 6.07. The molecule has 6 nitrogen and oxygen atoms in total. The molecule has 4 N–H and O–H groups in total. The minimum Gasteiger partial charge on any atom is -0.396 e. The summed E-state index contributed by atoms with van der Waals surface area (Å²) >= 11 is 6.11. The highest BCUT2D eigenvalue weighted by Gasteiger charge is 2.31. The molecule has 0 heterocycles. The van der Waals surface area contributed by atoms with Gasteiger partial charge in [-0.15, -0.1) is 0 Å². The van der Waals surface area contributed by atoms with Gasteiger partial charge in [-0.2, -0.15) is 0 Å². The van der Waals surface area contributed by atoms with Gasteiger partial charge in [-0.25, -0.2) is 0 Å². The lowest BCUT2D eigenvalue weighted by Crippen LogP contribution is -2.40. The monoisotopic (exact) mass is 422 g/mol. The Balaban J connectivity index is 1.87. The van der Waals surface area contributed by atoms with Gasteiger partial charge in [-0.3, -0.25) is 9.79 Å². The maximum Gasteiger partial charge on any atom is 0.226 e. The van der Waals surface area contributed by atoms with Crippen LogP contribution in [0.15, 0.2) is 23.2 Å². The van der Waals surface area contributed by atoms with E-state index in [9.17, 15) is 9.90 Å². The van der Waals surface area contributed by atoms with Crippen LogP contribution in [0.4, 0.5) is 5.69 Å². The van der Waals surface area contributed by atoms with Crippen molar-refractivity contribution in [2.75, 3.05) is 31.6 Å². The number of aliphatic hydroxyl groups is 1. The van der Waals surface area contributed by atoms with Gasteiger partial charge >= 0.3 is 0 Å². The summed E-state index contributed by atoms with van der Waals surface area (Å²) in [4.78, 5) is 17.0. The number of rotatable bonds is 9. The van der Waals surface area contributed by atoms with Crippen molar-refractivity contribution in [2.24, 2.45) is 10.4 Å². The number of hydrogen-bond acceptors (Lipinski definition) is 3. The fourth-order valence-electron chi connectivity index (χ4n) is 3.86. The van der Waals surface area contributed by atoms with Crippen LogP contribution in [-0.2, 0) is 4.79 Å². The van der Waals surface area contributed by atoms with Crippen LogP contribution in [0.25, 0.3) is 0 Å². The van der Waals surface area contributed by atoms with E-state index >= 15 is 0 Å². The lowest BCUT2D eigenvalue weighted by Gasteiger charge is -2.35. The predicted octanol–water partition coefficient (Wildman–Crippen LogP) is 3.87. The van der Waals surface area contributed by atoms with Gasteiger partial charge in [0.25, 0.3) is 0 Å². The van der Waals surface area contributed by atoms with Gasteiger partial charge in [-0.1, -0.05) is 36.9 Å². The summed E-state index contributed by atoms with van der Waals surface area (Å²) < 4.78 is 0. The van der Waals surface area contributed by atoms with Gasteiger partial charge in [-0.05, 0) is 56.2 Å². The quantitative estimate of drug-likeness (QED) is 0.359. The molecule has 0 aromatic heterocycles. The number of carbonyl (C=O) groups is 1. The minimum absolute atomic E-state index is 0.0669. The molecule has 0 atom stereocenters. The minimum atomic E-state index is -0.0669. The molecule has 0 saturated heterocycles. The molecule has 1 aromatic carbocycles. The third kappa shape index (κ3) is 7.52. The second-order valence-electron chi connectivity index (χ2n) is 7.87. The Morgan fingerprint density at radius 2 is 2.00 bits per heavy atom. The molecule has 1 aliphatic carbocycles. The number of aliphatic hydroxyl groups excluding tert-OH is 1. The number of carbonyl (C=O) groups excluding carboxylic acids is 1. The Morgan fingerprint density at radius 3 is 2.69 bits per heavy atom. The van der Waals surface area contributed by atoms with E-state index in [1.54, 1.807) is 0 Å². The second-order valence-corrected chi connectivity index (χ2v) is 8.27.